The van der Waals surface area contributed by atoms with Gasteiger partial charge in [0, 0.05) is 21.9 Å². The minimum absolute atomic E-state index is 0.0272. The van der Waals surface area contributed by atoms with Crippen molar-refractivity contribution in [2.45, 2.75) is 0 Å². The molecular formula is C45H27N3O. The van der Waals surface area contributed by atoms with Crippen LogP contribution in [0, 0.1) is 0 Å². The lowest BCUT2D eigenvalue weighted by Crippen LogP contribution is -2.00. The largest absolute Gasteiger partial charge is 0.455 e. The first-order chi connectivity index (χ1) is 26.4. The summed E-state index contributed by atoms with van der Waals surface area (Å²) < 4.78 is 48.7. The van der Waals surface area contributed by atoms with Gasteiger partial charge in [-0.3, -0.25) is 0 Å². The van der Waals surface area contributed by atoms with Gasteiger partial charge in [0.25, 0.3) is 0 Å². The summed E-state index contributed by atoms with van der Waals surface area (Å²) in [6.07, 6.45) is 0. The molecule has 228 valence electrons. The van der Waals surface area contributed by atoms with Gasteiger partial charge in [-0.2, -0.15) is 0 Å². The second kappa shape index (κ2) is 11.0. The molecule has 10 aromatic rings. The molecule has 2 heterocycles. The molecule has 0 aliphatic rings. The third kappa shape index (κ3) is 4.42. The number of rotatable bonds is 4. The van der Waals surface area contributed by atoms with Crippen molar-refractivity contribution in [1.29, 1.82) is 0 Å². The van der Waals surface area contributed by atoms with Crippen LogP contribution in [-0.2, 0) is 0 Å². The van der Waals surface area contributed by atoms with Crippen LogP contribution in [0.3, 0.4) is 0 Å². The van der Waals surface area contributed by atoms with E-state index in [0.29, 0.717) is 28.1 Å². The summed E-state index contributed by atoms with van der Waals surface area (Å²) >= 11 is 0. The third-order valence-electron chi connectivity index (χ3n) is 9.21. The zero-order chi connectivity index (χ0) is 36.7. The summed E-state index contributed by atoms with van der Waals surface area (Å²) in [4.78, 5) is 14.3. The molecular weight excluding hydrogens is 599 g/mol. The first-order valence-corrected chi connectivity index (χ1v) is 16.0. The fourth-order valence-corrected chi connectivity index (χ4v) is 7.03. The molecule has 0 aliphatic heterocycles. The van der Waals surface area contributed by atoms with Crippen LogP contribution >= 0.6 is 0 Å². The van der Waals surface area contributed by atoms with Gasteiger partial charge in [0.2, 0.25) is 0 Å². The summed E-state index contributed by atoms with van der Waals surface area (Å²) in [5.74, 6) is 0.522. The fourth-order valence-electron chi connectivity index (χ4n) is 7.03. The molecule has 0 unspecified atom stereocenters. The predicted molar refractivity (Wildman–Crippen MR) is 201 cm³/mol. The molecule has 4 heteroatoms. The number of fused-ring (bicyclic) bond motifs is 9. The Morgan fingerprint density at radius 3 is 1.71 bits per heavy atom. The van der Waals surface area contributed by atoms with Crippen molar-refractivity contribution in [2.24, 2.45) is 0 Å². The Morgan fingerprint density at radius 2 is 0.980 bits per heavy atom. The molecule has 4 nitrogen and oxygen atoms in total. The van der Waals surface area contributed by atoms with E-state index in [0.717, 1.165) is 21.9 Å². The lowest BCUT2D eigenvalue weighted by Gasteiger charge is -2.12. The maximum atomic E-state index is 8.68. The molecule has 0 spiro atoms. The summed E-state index contributed by atoms with van der Waals surface area (Å²) in [6, 6.07) is 42.8. The summed E-state index contributed by atoms with van der Waals surface area (Å²) in [5.41, 5.74) is 4.50. The molecule has 0 bridgehead atoms. The van der Waals surface area contributed by atoms with Gasteiger partial charge in [0.15, 0.2) is 17.5 Å². The average molecular weight is 631 g/mol. The van der Waals surface area contributed by atoms with Gasteiger partial charge in [-0.15, -0.1) is 0 Å². The van der Waals surface area contributed by atoms with Gasteiger partial charge < -0.3 is 4.42 Å². The van der Waals surface area contributed by atoms with E-state index >= 15 is 0 Å². The highest BCUT2D eigenvalue weighted by Crippen LogP contribution is 2.42. The predicted octanol–water partition coefficient (Wildman–Crippen LogP) is 11.9. The molecule has 0 saturated heterocycles. The van der Waals surface area contributed by atoms with E-state index in [2.05, 4.69) is 77.8 Å². The SMILES string of the molecule is [2H]c1c([2H])c([2H])c(-c2nc(-c3ccccc3)nc(-c3cccc4c3oc3cccc(-c5ccc6c7ccccc7c7ccccc7c6c5)c34)n2)c([2H])c1[2H]. The number of hydrogen-bond acceptors (Lipinski definition) is 4. The molecule has 0 saturated carbocycles. The van der Waals surface area contributed by atoms with E-state index < -0.39 is 18.1 Å². The minimum atomic E-state index is -0.484. The first kappa shape index (κ1) is 22.8. The Morgan fingerprint density at radius 1 is 0.408 bits per heavy atom. The van der Waals surface area contributed by atoms with E-state index in [9.17, 15) is 0 Å². The van der Waals surface area contributed by atoms with Gasteiger partial charge in [-0.05, 0) is 61.6 Å². The van der Waals surface area contributed by atoms with E-state index in [-0.39, 0.29) is 29.3 Å². The van der Waals surface area contributed by atoms with Gasteiger partial charge in [0.1, 0.15) is 11.2 Å². The highest BCUT2D eigenvalue weighted by atomic mass is 16.3. The number of nitrogens with zero attached hydrogens (tertiary/aromatic N) is 3. The van der Waals surface area contributed by atoms with Gasteiger partial charge in [-0.1, -0.05) is 145 Å². The third-order valence-corrected chi connectivity index (χ3v) is 9.21. The van der Waals surface area contributed by atoms with Crippen LogP contribution in [0.15, 0.2) is 168 Å². The zero-order valence-corrected chi connectivity index (χ0v) is 26.0. The van der Waals surface area contributed by atoms with E-state index in [1.54, 1.807) is 0 Å². The molecule has 0 atom stereocenters. The highest BCUT2D eigenvalue weighted by molar-refractivity contribution is 6.26. The Kier molecular flexibility index (Phi) is 5.10. The fraction of sp³-hybridized carbons (Fsp3) is 0. The van der Waals surface area contributed by atoms with Crippen molar-refractivity contribution >= 4 is 54.3 Å². The second-order valence-corrected chi connectivity index (χ2v) is 12.0. The van der Waals surface area contributed by atoms with Crippen LogP contribution in [0.25, 0.3) is 99.5 Å². The van der Waals surface area contributed by atoms with Crippen LogP contribution in [0.2, 0.25) is 0 Å². The maximum absolute atomic E-state index is 8.68. The lowest BCUT2D eigenvalue weighted by molar-refractivity contribution is 0.669. The van der Waals surface area contributed by atoms with Crippen molar-refractivity contribution in [3.8, 4) is 45.3 Å². The van der Waals surface area contributed by atoms with Crippen molar-refractivity contribution in [3.05, 3.63) is 164 Å². The number of para-hydroxylation sites is 1. The summed E-state index contributed by atoms with van der Waals surface area (Å²) in [7, 11) is 0. The second-order valence-electron chi connectivity index (χ2n) is 12.0. The summed E-state index contributed by atoms with van der Waals surface area (Å²) in [6.45, 7) is 0. The van der Waals surface area contributed by atoms with E-state index in [1.165, 1.54) is 32.3 Å². The van der Waals surface area contributed by atoms with Crippen molar-refractivity contribution in [2.75, 3.05) is 0 Å². The van der Waals surface area contributed by atoms with Crippen LogP contribution in [-0.4, -0.2) is 15.0 Å². The average Bonchev–Trinajstić information content (AvgIpc) is 3.62. The number of furan rings is 1. The number of hydrogen-bond donors (Lipinski definition) is 0. The van der Waals surface area contributed by atoms with Crippen LogP contribution < -0.4 is 0 Å². The minimum Gasteiger partial charge on any atom is -0.455 e. The number of benzene rings is 8. The molecule has 0 radical (unpaired) electrons. The normalized spacial score (nSPS) is 13.1. The molecule has 8 aromatic carbocycles. The Balaban J connectivity index is 1.21. The number of aromatic nitrogens is 3. The molecule has 0 N–H and O–H groups in total. The Labute approximate surface area is 289 Å². The van der Waals surface area contributed by atoms with Crippen molar-refractivity contribution < 1.29 is 11.3 Å². The molecule has 49 heavy (non-hydrogen) atoms. The van der Waals surface area contributed by atoms with Crippen molar-refractivity contribution in [3.63, 3.8) is 0 Å². The monoisotopic (exact) mass is 630 g/mol. The van der Waals surface area contributed by atoms with Crippen LogP contribution in [0.1, 0.15) is 6.85 Å². The molecule has 0 aliphatic carbocycles. The van der Waals surface area contributed by atoms with Crippen LogP contribution in [0.4, 0.5) is 0 Å². The molecule has 0 amide bonds. The Hall–Kier alpha value is -6.65. The smallest absolute Gasteiger partial charge is 0.167 e. The quantitative estimate of drug-likeness (QED) is 0.182. The standard InChI is InChI=1S/C45H27N3O/c1-3-13-28(14-4-1)43-46-44(29-15-5-2-6-16-29)48-45(47-43)38-23-11-22-37-41-31(21-12-24-40(41)49-42(37)38)30-25-26-36-34-19-8-7-17-32(34)33-18-9-10-20-35(33)39(36)27-30/h1-27H/i1D,3D,4D,13D,14D. The van der Waals surface area contributed by atoms with Crippen LogP contribution in [0.5, 0.6) is 0 Å². The summed E-state index contributed by atoms with van der Waals surface area (Å²) in [5, 5.41) is 9.03. The first-order valence-electron chi connectivity index (χ1n) is 18.5. The molecule has 0 fully saturated rings. The molecule has 2 aromatic heterocycles. The maximum Gasteiger partial charge on any atom is 0.167 e. The molecule has 10 rings (SSSR count). The lowest BCUT2D eigenvalue weighted by atomic mass is 9.91. The van der Waals surface area contributed by atoms with Crippen molar-refractivity contribution in [1.82, 2.24) is 15.0 Å². The topological polar surface area (TPSA) is 51.8 Å². The zero-order valence-electron chi connectivity index (χ0n) is 31.0. The Bertz CT molecular complexity index is 3120. The van der Waals surface area contributed by atoms with E-state index in [4.69, 9.17) is 21.2 Å². The van der Waals surface area contributed by atoms with Gasteiger partial charge in [0.05, 0.1) is 12.4 Å². The van der Waals surface area contributed by atoms with Gasteiger partial charge >= 0.3 is 0 Å². The van der Waals surface area contributed by atoms with E-state index in [1.807, 2.05) is 60.7 Å². The highest BCUT2D eigenvalue weighted by Gasteiger charge is 2.20. The van der Waals surface area contributed by atoms with Gasteiger partial charge in [-0.25, -0.2) is 15.0 Å².